The third kappa shape index (κ3) is 5.66. The van der Waals surface area contributed by atoms with Crippen LogP contribution in [0.2, 0.25) is 0 Å². The van der Waals surface area contributed by atoms with Crippen LogP contribution in [0.3, 0.4) is 0 Å². The second-order valence-corrected chi connectivity index (χ2v) is 5.75. The van der Waals surface area contributed by atoms with Crippen LogP contribution in [0.4, 0.5) is 13.2 Å². The lowest BCUT2D eigenvalue weighted by Crippen LogP contribution is -2.50. The van der Waals surface area contributed by atoms with Crippen LogP contribution in [0, 0.1) is 5.92 Å². The number of hydrogen-bond acceptors (Lipinski definition) is 3. The van der Waals surface area contributed by atoms with Crippen molar-refractivity contribution >= 4 is 5.91 Å². The molecule has 0 aromatic carbocycles. The van der Waals surface area contributed by atoms with E-state index in [0.29, 0.717) is 38.4 Å². The molecular formula is C13H22F3N3O. The van der Waals surface area contributed by atoms with Gasteiger partial charge in [-0.25, -0.2) is 0 Å². The number of alkyl halides is 3. The SMILES string of the molecule is O=C(CN(CC(F)(F)F)C1CCNCC1)NCC1CC1. The lowest BCUT2D eigenvalue weighted by atomic mass is 10.0. The second kappa shape index (κ2) is 6.76. The highest BCUT2D eigenvalue weighted by Gasteiger charge is 2.35. The standard InChI is InChI=1S/C13H22F3N3O/c14-13(15,16)9-19(11-3-5-17-6-4-11)8-12(20)18-7-10-1-2-10/h10-11,17H,1-9H2,(H,18,20). The molecule has 1 saturated carbocycles. The third-order valence-corrected chi connectivity index (χ3v) is 3.84. The van der Waals surface area contributed by atoms with Gasteiger partial charge in [0.15, 0.2) is 0 Å². The Morgan fingerprint density at radius 3 is 2.40 bits per heavy atom. The lowest BCUT2D eigenvalue weighted by Gasteiger charge is -2.34. The molecule has 2 rings (SSSR count). The Labute approximate surface area is 117 Å². The van der Waals surface area contributed by atoms with E-state index in [1.165, 1.54) is 4.90 Å². The van der Waals surface area contributed by atoms with Crippen molar-refractivity contribution in [3.8, 4) is 0 Å². The van der Waals surface area contributed by atoms with Crippen molar-refractivity contribution in [3.05, 3.63) is 0 Å². The Morgan fingerprint density at radius 1 is 1.20 bits per heavy atom. The van der Waals surface area contributed by atoms with Crippen molar-refractivity contribution < 1.29 is 18.0 Å². The van der Waals surface area contributed by atoms with E-state index in [0.717, 1.165) is 12.8 Å². The van der Waals surface area contributed by atoms with Crippen molar-refractivity contribution in [2.24, 2.45) is 5.92 Å². The summed E-state index contributed by atoms with van der Waals surface area (Å²) in [6.45, 7) is 0.863. The number of nitrogens with one attached hydrogen (secondary N) is 2. The van der Waals surface area contributed by atoms with Crippen molar-refractivity contribution in [1.82, 2.24) is 15.5 Å². The summed E-state index contributed by atoms with van der Waals surface area (Å²) in [6, 6.07) is -0.162. The molecule has 1 amide bonds. The van der Waals surface area contributed by atoms with Crippen molar-refractivity contribution in [2.75, 3.05) is 32.7 Å². The van der Waals surface area contributed by atoms with Gasteiger partial charge in [0.2, 0.25) is 5.91 Å². The maximum Gasteiger partial charge on any atom is 0.401 e. The molecule has 0 aromatic heterocycles. The second-order valence-electron chi connectivity index (χ2n) is 5.75. The summed E-state index contributed by atoms with van der Waals surface area (Å²) >= 11 is 0. The van der Waals surface area contributed by atoms with E-state index in [-0.39, 0.29) is 18.5 Å². The van der Waals surface area contributed by atoms with Crippen LogP contribution in [-0.4, -0.2) is 55.7 Å². The Morgan fingerprint density at radius 2 is 1.85 bits per heavy atom. The Kier molecular flexibility index (Phi) is 5.26. The van der Waals surface area contributed by atoms with Gasteiger partial charge in [-0.15, -0.1) is 0 Å². The molecule has 0 radical (unpaired) electrons. The van der Waals surface area contributed by atoms with Crippen molar-refractivity contribution in [1.29, 1.82) is 0 Å². The monoisotopic (exact) mass is 293 g/mol. The summed E-state index contributed by atoms with van der Waals surface area (Å²) < 4.78 is 37.9. The smallest absolute Gasteiger partial charge is 0.355 e. The number of piperidine rings is 1. The number of carbonyl (C=O) groups is 1. The quantitative estimate of drug-likeness (QED) is 0.771. The van der Waals surface area contributed by atoms with Gasteiger partial charge in [0.25, 0.3) is 0 Å². The number of halogens is 3. The van der Waals surface area contributed by atoms with Crippen LogP contribution in [-0.2, 0) is 4.79 Å². The number of nitrogens with zero attached hydrogens (tertiary/aromatic N) is 1. The summed E-state index contributed by atoms with van der Waals surface area (Å²) in [5.41, 5.74) is 0. The van der Waals surface area contributed by atoms with E-state index in [1.54, 1.807) is 0 Å². The largest absolute Gasteiger partial charge is 0.401 e. The number of rotatable bonds is 6. The molecule has 4 nitrogen and oxygen atoms in total. The van der Waals surface area contributed by atoms with Crippen LogP contribution in [0.25, 0.3) is 0 Å². The molecule has 116 valence electrons. The van der Waals surface area contributed by atoms with Gasteiger partial charge in [-0.3, -0.25) is 9.69 Å². The summed E-state index contributed by atoms with van der Waals surface area (Å²) in [6.07, 6.45) is -0.721. The average Bonchev–Trinajstić information content (AvgIpc) is 3.19. The zero-order chi connectivity index (χ0) is 14.6. The molecule has 1 aliphatic carbocycles. The molecule has 0 unspecified atom stereocenters. The first-order chi connectivity index (χ1) is 9.44. The normalized spacial score (nSPS) is 21.2. The fourth-order valence-corrected chi connectivity index (χ4v) is 2.54. The van der Waals surface area contributed by atoms with Gasteiger partial charge in [-0.1, -0.05) is 0 Å². The predicted octanol–water partition coefficient (Wildman–Crippen LogP) is 1.13. The Bertz CT molecular complexity index is 325. The molecule has 1 aliphatic heterocycles. The lowest BCUT2D eigenvalue weighted by molar-refractivity contribution is -0.154. The van der Waals surface area contributed by atoms with E-state index in [1.807, 2.05) is 0 Å². The molecule has 2 aliphatic rings. The average molecular weight is 293 g/mol. The zero-order valence-electron chi connectivity index (χ0n) is 11.5. The minimum absolute atomic E-state index is 0.156. The first kappa shape index (κ1) is 15.6. The molecule has 2 N–H and O–H groups in total. The molecule has 7 heteroatoms. The number of hydrogen-bond donors (Lipinski definition) is 2. The summed E-state index contributed by atoms with van der Waals surface area (Å²) in [5.74, 6) is 0.244. The highest BCUT2D eigenvalue weighted by atomic mass is 19.4. The van der Waals surface area contributed by atoms with Crippen molar-refractivity contribution in [2.45, 2.75) is 37.9 Å². The molecular weight excluding hydrogens is 271 g/mol. The van der Waals surface area contributed by atoms with E-state index in [9.17, 15) is 18.0 Å². The van der Waals surface area contributed by atoms with E-state index >= 15 is 0 Å². The van der Waals surface area contributed by atoms with Crippen LogP contribution < -0.4 is 10.6 Å². The maximum atomic E-state index is 12.6. The molecule has 0 spiro atoms. The first-order valence-electron chi connectivity index (χ1n) is 7.22. The van der Waals surface area contributed by atoms with E-state index < -0.39 is 12.7 Å². The minimum Gasteiger partial charge on any atom is -0.355 e. The molecule has 1 saturated heterocycles. The minimum atomic E-state index is -4.26. The predicted molar refractivity (Wildman–Crippen MR) is 69.3 cm³/mol. The Balaban J connectivity index is 1.84. The summed E-state index contributed by atoms with van der Waals surface area (Å²) in [5, 5.41) is 5.86. The third-order valence-electron chi connectivity index (χ3n) is 3.84. The molecule has 1 heterocycles. The zero-order valence-corrected chi connectivity index (χ0v) is 11.5. The van der Waals surface area contributed by atoms with Crippen LogP contribution in [0.5, 0.6) is 0 Å². The molecule has 0 atom stereocenters. The molecule has 20 heavy (non-hydrogen) atoms. The fraction of sp³-hybridized carbons (Fsp3) is 0.923. The molecule has 0 aromatic rings. The number of carbonyl (C=O) groups excluding carboxylic acids is 1. The first-order valence-corrected chi connectivity index (χ1v) is 7.22. The van der Waals surface area contributed by atoms with Crippen LogP contribution in [0.15, 0.2) is 0 Å². The summed E-state index contributed by atoms with van der Waals surface area (Å²) in [4.78, 5) is 13.1. The van der Waals surface area contributed by atoms with Gasteiger partial charge in [-0.05, 0) is 44.7 Å². The van der Waals surface area contributed by atoms with E-state index in [4.69, 9.17) is 0 Å². The van der Waals surface area contributed by atoms with Crippen LogP contribution in [0.1, 0.15) is 25.7 Å². The van der Waals surface area contributed by atoms with Gasteiger partial charge in [-0.2, -0.15) is 13.2 Å². The fourth-order valence-electron chi connectivity index (χ4n) is 2.54. The van der Waals surface area contributed by atoms with Gasteiger partial charge in [0.1, 0.15) is 0 Å². The number of amides is 1. The van der Waals surface area contributed by atoms with Gasteiger partial charge >= 0.3 is 6.18 Å². The van der Waals surface area contributed by atoms with Crippen molar-refractivity contribution in [3.63, 3.8) is 0 Å². The van der Waals surface area contributed by atoms with Gasteiger partial charge < -0.3 is 10.6 Å². The molecule has 2 fully saturated rings. The highest BCUT2D eigenvalue weighted by Crippen LogP contribution is 2.27. The van der Waals surface area contributed by atoms with E-state index in [2.05, 4.69) is 10.6 Å². The molecule has 0 bridgehead atoms. The van der Waals surface area contributed by atoms with Gasteiger partial charge in [0, 0.05) is 12.6 Å². The van der Waals surface area contributed by atoms with Gasteiger partial charge in [0.05, 0.1) is 13.1 Å². The highest BCUT2D eigenvalue weighted by molar-refractivity contribution is 5.78. The van der Waals surface area contributed by atoms with Crippen LogP contribution >= 0.6 is 0 Å². The maximum absolute atomic E-state index is 12.6. The summed E-state index contributed by atoms with van der Waals surface area (Å²) in [7, 11) is 0. The topological polar surface area (TPSA) is 44.4 Å². The Hall–Kier alpha value is -0.820.